The second-order valence-electron chi connectivity index (χ2n) is 5.53. The number of aryl methyl sites for hydroxylation is 1. The van der Waals surface area contributed by atoms with Gasteiger partial charge in [0.1, 0.15) is 11.6 Å². The molecule has 0 amide bonds. The van der Waals surface area contributed by atoms with Crippen LogP contribution in [-0.4, -0.2) is 23.0 Å². The summed E-state index contributed by atoms with van der Waals surface area (Å²) in [6, 6.07) is 6.91. The molecule has 1 aliphatic heterocycles. The molecule has 0 aliphatic carbocycles. The summed E-state index contributed by atoms with van der Waals surface area (Å²) in [6.07, 6.45) is 2.25. The summed E-state index contributed by atoms with van der Waals surface area (Å²) >= 11 is 0. The van der Waals surface area contributed by atoms with Gasteiger partial charge in [0.2, 0.25) is 5.88 Å². The molecule has 1 atom stereocenters. The lowest BCUT2D eigenvalue weighted by Gasteiger charge is -2.13. The maximum atomic E-state index is 10.1. The molecule has 4 N–H and O–H groups in total. The fourth-order valence-corrected chi connectivity index (χ4v) is 2.85. The van der Waals surface area contributed by atoms with Gasteiger partial charge in [-0.15, -0.1) is 0 Å². The van der Waals surface area contributed by atoms with E-state index in [0.29, 0.717) is 17.2 Å². The van der Waals surface area contributed by atoms with Crippen molar-refractivity contribution >= 4 is 18.4 Å². The predicted octanol–water partition coefficient (Wildman–Crippen LogP) is 1.64. The lowest BCUT2D eigenvalue weighted by molar-refractivity contribution is 0.186. The molecule has 1 unspecified atom stereocenters. The molecule has 1 aromatic carbocycles. The van der Waals surface area contributed by atoms with Crippen LogP contribution in [-0.2, 0) is 4.65 Å². The molecule has 0 spiro atoms. The van der Waals surface area contributed by atoms with E-state index in [1.807, 2.05) is 19.9 Å². The van der Waals surface area contributed by atoms with Gasteiger partial charge >= 0.3 is 7.12 Å². The van der Waals surface area contributed by atoms with Gasteiger partial charge in [0, 0.05) is 17.8 Å². The molecule has 23 heavy (non-hydrogen) atoms. The number of nitrogens with zero attached hydrogens (tertiary/aromatic N) is 1. The van der Waals surface area contributed by atoms with Crippen LogP contribution in [0.1, 0.15) is 36.1 Å². The first-order chi connectivity index (χ1) is 11.0. The number of ether oxygens (including phenoxy) is 1. The molecule has 0 saturated heterocycles. The first-order valence-corrected chi connectivity index (χ1v) is 7.46. The van der Waals surface area contributed by atoms with E-state index in [1.54, 1.807) is 18.2 Å². The highest BCUT2D eigenvalue weighted by Crippen LogP contribution is 2.32. The van der Waals surface area contributed by atoms with E-state index in [4.69, 9.17) is 20.5 Å². The number of benzene rings is 1. The highest BCUT2D eigenvalue weighted by molar-refractivity contribution is 6.61. The van der Waals surface area contributed by atoms with E-state index in [-0.39, 0.29) is 11.9 Å². The molecule has 2 aromatic rings. The highest BCUT2D eigenvalue weighted by Gasteiger charge is 2.35. The quantitative estimate of drug-likeness (QED) is 0.452. The molecule has 2 heterocycles. The van der Waals surface area contributed by atoms with Crippen LogP contribution in [0.3, 0.4) is 0 Å². The number of fused-ring (bicyclic) bond motifs is 1. The Kier molecular flexibility index (Phi) is 4.06. The van der Waals surface area contributed by atoms with Gasteiger partial charge in [-0.1, -0.05) is 6.92 Å². The molecule has 6 nitrogen and oxygen atoms in total. The number of amidine groups is 1. The Labute approximate surface area is 134 Å². The van der Waals surface area contributed by atoms with Gasteiger partial charge in [0.15, 0.2) is 0 Å². The number of nitrogens with one attached hydrogen (secondary N) is 1. The summed E-state index contributed by atoms with van der Waals surface area (Å²) in [7, 11) is -0.936. The average molecular weight is 311 g/mol. The Bertz CT molecular complexity index is 766. The zero-order valence-corrected chi connectivity index (χ0v) is 13.0. The second-order valence-corrected chi connectivity index (χ2v) is 5.53. The summed E-state index contributed by atoms with van der Waals surface area (Å²) in [6.45, 7) is 3.99. The van der Waals surface area contributed by atoms with Crippen molar-refractivity contribution in [3.8, 4) is 11.6 Å². The van der Waals surface area contributed by atoms with Crippen LogP contribution >= 0.6 is 0 Å². The minimum Gasteiger partial charge on any atom is -0.439 e. The topological polar surface area (TPSA) is 101 Å². The van der Waals surface area contributed by atoms with Crippen LogP contribution in [0.25, 0.3) is 0 Å². The number of rotatable bonds is 4. The van der Waals surface area contributed by atoms with E-state index in [2.05, 4.69) is 4.98 Å². The zero-order valence-electron chi connectivity index (χ0n) is 13.0. The van der Waals surface area contributed by atoms with Gasteiger partial charge in [0.25, 0.3) is 0 Å². The van der Waals surface area contributed by atoms with E-state index >= 15 is 0 Å². The van der Waals surface area contributed by atoms with Crippen molar-refractivity contribution in [1.82, 2.24) is 4.98 Å². The third kappa shape index (κ3) is 2.93. The first-order valence-electron chi connectivity index (χ1n) is 7.46. The number of aromatic nitrogens is 1. The summed E-state index contributed by atoms with van der Waals surface area (Å²) in [5.41, 5.74) is 8.78. The third-order valence-electron chi connectivity index (χ3n) is 3.91. The molecule has 1 aliphatic rings. The van der Waals surface area contributed by atoms with Crippen molar-refractivity contribution in [2.75, 3.05) is 0 Å². The third-order valence-corrected chi connectivity index (χ3v) is 3.91. The summed E-state index contributed by atoms with van der Waals surface area (Å²) in [5, 5.41) is 17.5. The maximum Gasteiger partial charge on any atom is 0.492 e. The largest absolute Gasteiger partial charge is 0.492 e. The Morgan fingerprint density at radius 2 is 2.26 bits per heavy atom. The van der Waals surface area contributed by atoms with Crippen molar-refractivity contribution in [1.29, 1.82) is 5.41 Å². The van der Waals surface area contributed by atoms with Crippen LogP contribution in [0.4, 0.5) is 0 Å². The van der Waals surface area contributed by atoms with Crippen molar-refractivity contribution in [2.45, 2.75) is 26.4 Å². The number of pyridine rings is 1. The van der Waals surface area contributed by atoms with Crippen LogP contribution < -0.4 is 15.9 Å². The lowest BCUT2D eigenvalue weighted by Crippen LogP contribution is -2.28. The standard InChI is InChI=1S/C16H18BN3O3/c1-3-13-15-9(2)6-11(8-12(15)17(21)23-13)22-14-7-10(16(18)19)4-5-20-14/h4-8,13,21H,3H2,1-2H3,(H3,18,19). The summed E-state index contributed by atoms with van der Waals surface area (Å²) < 4.78 is 11.3. The highest BCUT2D eigenvalue weighted by atomic mass is 16.5. The molecular formula is C16H18BN3O3. The maximum absolute atomic E-state index is 10.1. The number of hydrogen-bond donors (Lipinski definition) is 3. The van der Waals surface area contributed by atoms with Crippen LogP contribution in [0.2, 0.25) is 0 Å². The molecule has 3 rings (SSSR count). The Hall–Kier alpha value is -2.38. The normalized spacial score (nSPS) is 16.3. The minimum absolute atomic E-state index is 0.0445. The zero-order chi connectivity index (χ0) is 16.6. The second kappa shape index (κ2) is 6.02. The number of nitrogen functional groups attached to an aromatic ring is 1. The van der Waals surface area contributed by atoms with Gasteiger partial charge in [-0.05, 0) is 48.1 Å². The van der Waals surface area contributed by atoms with Gasteiger partial charge in [-0.2, -0.15) is 0 Å². The van der Waals surface area contributed by atoms with Crippen molar-refractivity contribution in [3.63, 3.8) is 0 Å². The summed E-state index contributed by atoms with van der Waals surface area (Å²) in [5.74, 6) is 0.864. The van der Waals surface area contributed by atoms with Crippen molar-refractivity contribution < 1.29 is 14.4 Å². The molecule has 118 valence electrons. The number of hydrogen-bond acceptors (Lipinski definition) is 5. The molecule has 0 fully saturated rings. The van der Waals surface area contributed by atoms with E-state index in [9.17, 15) is 5.02 Å². The van der Waals surface area contributed by atoms with Gasteiger partial charge < -0.3 is 20.1 Å². The van der Waals surface area contributed by atoms with Crippen LogP contribution in [0.15, 0.2) is 30.5 Å². The SMILES string of the molecule is CCC1OB(O)c2cc(Oc3cc(C(=N)N)ccn3)cc(C)c21. The number of nitrogens with two attached hydrogens (primary N) is 1. The first kappa shape index (κ1) is 15.5. The van der Waals surface area contributed by atoms with E-state index in [1.165, 1.54) is 6.20 Å². The van der Waals surface area contributed by atoms with Gasteiger partial charge in [-0.25, -0.2) is 4.98 Å². The van der Waals surface area contributed by atoms with E-state index < -0.39 is 7.12 Å². The summed E-state index contributed by atoms with van der Waals surface area (Å²) in [4.78, 5) is 4.12. The molecular weight excluding hydrogens is 293 g/mol. The van der Waals surface area contributed by atoms with Crippen LogP contribution in [0, 0.1) is 12.3 Å². The Balaban J connectivity index is 1.94. The smallest absolute Gasteiger partial charge is 0.439 e. The fraction of sp³-hybridized carbons (Fsp3) is 0.250. The molecule has 7 heteroatoms. The molecule has 0 radical (unpaired) electrons. The Morgan fingerprint density at radius 1 is 1.48 bits per heavy atom. The predicted molar refractivity (Wildman–Crippen MR) is 88.2 cm³/mol. The van der Waals surface area contributed by atoms with Crippen molar-refractivity contribution in [2.24, 2.45) is 5.73 Å². The average Bonchev–Trinajstić information content (AvgIpc) is 2.84. The monoisotopic (exact) mass is 311 g/mol. The Morgan fingerprint density at radius 3 is 2.96 bits per heavy atom. The van der Waals surface area contributed by atoms with Gasteiger partial charge in [-0.3, -0.25) is 5.41 Å². The van der Waals surface area contributed by atoms with Crippen LogP contribution in [0.5, 0.6) is 11.6 Å². The lowest BCUT2D eigenvalue weighted by atomic mass is 9.77. The fourth-order valence-electron chi connectivity index (χ4n) is 2.85. The molecule has 1 aromatic heterocycles. The van der Waals surface area contributed by atoms with Crippen molar-refractivity contribution in [3.05, 3.63) is 47.2 Å². The van der Waals surface area contributed by atoms with E-state index in [0.717, 1.165) is 23.0 Å². The minimum atomic E-state index is -0.936. The molecule has 0 saturated carbocycles. The molecule has 0 bridgehead atoms. The van der Waals surface area contributed by atoms with Gasteiger partial charge in [0.05, 0.1) is 6.10 Å².